The number of rotatable bonds is 9. The van der Waals surface area contributed by atoms with Crippen LogP contribution in [0.4, 0.5) is 4.39 Å². The molecule has 2 rings (SSSR count). The van der Waals surface area contributed by atoms with Gasteiger partial charge in [-0.05, 0) is 43.5 Å². The van der Waals surface area contributed by atoms with Gasteiger partial charge in [0.05, 0.1) is 0 Å². The van der Waals surface area contributed by atoms with Gasteiger partial charge in [0, 0.05) is 25.4 Å². The minimum atomic E-state index is -0.631. The first-order valence-electron chi connectivity index (χ1n) is 9.79. The summed E-state index contributed by atoms with van der Waals surface area (Å²) in [7, 11) is 0. The number of amides is 2. The summed E-state index contributed by atoms with van der Waals surface area (Å²) < 4.78 is 13.3. The highest BCUT2D eigenvalue weighted by Gasteiger charge is 2.30. The Morgan fingerprint density at radius 3 is 2.21 bits per heavy atom. The normalized spacial score (nSPS) is 11.9. The summed E-state index contributed by atoms with van der Waals surface area (Å²) in [5.41, 5.74) is 1.78. The van der Waals surface area contributed by atoms with Gasteiger partial charge in [-0.3, -0.25) is 9.59 Å². The third-order valence-electron chi connectivity index (χ3n) is 4.43. The quantitative estimate of drug-likeness (QED) is 0.708. The summed E-state index contributed by atoms with van der Waals surface area (Å²) in [5, 5.41) is 2.94. The summed E-state index contributed by atoms with van der Waals surface area (Å²) >= 11 is 0. The van der Waals surface area contributed by atoms with E-state index >= 15 is 0 Å². The first-order chi connectivity index (χ1) is 13.4. The van der Waals surface area contributed by atoms with Gasteiger partial charge in [0.15, 0.2) is 0 Å². The molecule has 150 valence electrons. The van der Waals surface area contributed by atoms with Gasteiger partial charge >= 0.3 is 0 Å². The molecule has 5 heteroatoms. The van der Waals surface area contributed by atoms with Crippen molar-refractivity contribution >= 4 is 11.8 Å². The van der Waals surface area contributed by atoms with Gasteiger partial charge in [0.1, 0.15) is 11.9 Å². The molecule has 0 spiro atoms. The van der Waals surface area contributed by atoms with Gasteiger partial charge in [-0.1, -0.05) is 49.4 Å². The molecule has 2 amide bonds. The Kier molecular flexibility index (Phi) is 8.18. The molecule has 0 aliphatic carbocycles. The second kappa shape index (κ2) is 10.6. The molecule has 0 radical (unpaired) electrons. The van der Waals surface area contributed by atoms with Crippen LogP contribution in [0.25, 0.3) is 0 Å². The van der Waals surface area contributed by atoms with Crippen LogP contribution in [0.15, 0.2) is 54.6 Å². The smallest absolute Gasteiger partial charge is 0.243 e. The summed E-state index contributed by atoms with van der Waals surface area (Å²) in [6.45, 7) is 6.00. The number of hydrogen-bond acceptors (Lipinski definition) is 2. The van der Waals surface area contributed by atoms with Crippen molar-refractivity contribution in [2.24, 2.45) is 0 Å². The average molecular weight is 384 g/mol. The van der Waals surface area contributed by atoms with E-state index in [1.54, 1.807) is 17.0 Å². The summed E-state index contributed by atoms with van der Waals surface area (Å²) in [6, 6.07) is 15.1. The highest BCUT2D eigenvalue weighted by Crippen LogP contribution is 2.17. The Hall–Kier alpha value is -2.69. The lowest BCUT2D eigenvalue weighted by Gasteiger charge is -2.32. The number of carbonyl (C=O) groups excluding carboxylic acids is 2. The van der Waals surface area contributed by atoms with Crippen molar-refractivity contribution in [3.63, 3.8) is 0 Å². The maximum atomic E-state index is 13.3. The fourth-order valence-electron chi connectivity index (χ4n) is 3.08. The standard InChI is InChI=1S/C23H29FN2O2/c1-4-8-22(27)26(16-19-11-13-20(24)14-12-19)21(23(28)25-17(2)3)15-18-9-6-5-7-10-18/h5-7,9-14,17,21H,4,8,15-16H2,1-3H3,(H,25,28)/t21-/m1/s1. The first kappa shape index (κ1) is 21.6. The maximum absolute atomic E-state index is 13.3. The lowest BCUT2D eigenvalue weighted by molar-refractivity contribution is -0.141. The van der Waals surface area contributed by atoms with E-state index in [0.717, 1.165) is 11.1 Å². The molecule has 1 atom stereocenters. The average Bonchev–Trinajstić information content (AvgIpc) is 2.66. The van der Waals surface area contributed by atoms with E-state index < -0.39 is 6.04 Å². The van der Waals surface area contributed by atoms with Gasteiger partial charge in [-0.25, -0.2) is 4.39 Å². The van der Waals surface area contributed by atoms with Crippen molar-refractivity contribution in [2.45, 2.75) is 58.7 Å². The molecule has 2 aromatic carbocycles. The van der Waals surface area contributed by atoms with Crippen molar-refractivity contribution in [1.29, 1.82) is 0 Å². The zero-order valence-corrected chi connectivity index (χ0v) is 16.8. The number of hydrogen-bond donors (Lipinski definition) is 1. The molecule has 1 N–H and O–H groups in total. The van der Waals surface area contributed by atoms with Crippen LogP contribution in [0.1, 0.15) is 44.7 Å². The third kappa shape index (κ3) is 6.48. The number of benzene rings is 2. The molecule has 0 unspecified atom stereocenters. The zero-order chi connectivity index (χ0) is 20.5. The highest BCUT2D eigenvalue weighted by molar-refractivity contribution is 5.88. The van der Waals surface area contributed by atoms with Crippen LogP contribution in [0, 0.1) is 5.82 Å². The summed E-state index contributed by atoms with van der Waals surface area (Å²) in [4.78, 5) is 27.5. The SMILES string of the molecule is CCCC(=O)N(Cc1ccc(F)cc1)[C@H](Cc1ccccc1)C(=O)NC(C)C. The number of carbonyl (C=O) groups is 2. The van der Waals surface area contributed by atoms with Crippen molar-refractivity contribution in [1.82, 2.24) is 10.2 Å². The van der Waals surface area contributed by atoms with E-state index in [1.165, 1.54) is 12.1 Å². The topological polar surface area (TPSA) is 49.4 Å². The van der Waals surface area contributed by atoms with Crippen LogP contribution in [-0.4, -0.2) is 28.8 Å². The minimum Gasteiger partial charge on any atom is -0.352 e. The minimum absolute atomic E-state index is 0.0280. The van der Waals surface area contributed by atoms with Crippen LogP contribution >= 0.6 is 0 Å². The zero-order valence-electron chi connectivity index (χ0n) is 16.8. The second-order valence-corrected chi connectivity index (χ2v) is 7.27. The van der Waals surface area contributed by atoms with Crippen LogP contribution in [0.2, 0.25) is 0 Å². The molecular weight excluding hydrogens is 355 g/mol. The van der Waals surface area contributed by atoms with Gasteiger partial charge in [-0.15, -0.1) is 0 Å². The fraction of sp³-hybridized carbons (Fsp3) is 0.391. The third-order valence-corrected chi connectivity index (χ3v) is 4.43. The number of nitrogens with one attached hydrogen (secondary N) is 1. The molecule has 0 heterocycles. The molecule has 0 bridgehead atoms. The summed E-state index contributed by atoms with van der Waals surface area (Å²) in [5.74, 6) is -0.578. The Balaban J connectivity index is 2.35. The Labute approximate surface area is 166 Å². The molecule has 28 heavy (non-hydrogen) atoms. The van der Waals surface area contributed by atoms with E-state index in [-0.39, 0.29) is 30.2 Å². The molecule has 0 aliphatic rings. The molecule has 4 nitrogen and oxygen atoms in total. The molecular formula is C23H29FN2O2. The van der Waals surface area contributed by atoms with E-state index in [9.17, 15) is 14.0 Å². The van der Waals surface area contributed by atoms with Gasteiger partial charge in [0.2, 0.25) is 11.8 Å². The first-order valence-corrected chi connectivity index (χ1v) is 9.79. The van der Waals surface area contributed by atoms with Crippen LogP contribution < -0.4 is 5.32 Å². The van der Waals surface area contributed by atoms with E-state index in [2.05, 4.69) is 5.32 Å². The molecule has 0 aromatic heterocycles. The van der Waals surface area contributed by atoms with Gasteiger partial charge in [-0.2, -0.15) is 0 Å². The molecule has 0 saturated heterocycles. The van der Waals surface area contributed by atoms with Crippen molar-refractivity contribution in [2.75, 3.05) is 0 Å². The lowest BCUT2D eigenvalue weighted by atomic mass is 10.0. The van der Waals surface area contributed by atoms with Crippen molar-refractivity contribution in [3.05, 3.63) is 71.5 Å². The number of nitrogens with zero attached hydrogens (tertiary/aromatic N) is 1. The molecule has 0 fully saturated rings. The Morgan fingerprint density at radius 2 is 1.64 bits per heavy atom. The predicted molar refractivity (Wildman–Crippen MR) is 109 cm³/mol. The van der Waals surface area contributed by atoms with E-state index in [0.29, 0.717) is 19.3 Å². The molecule has 2 aromatic rings. The van der Waals surface area contributed by atoms with E-state index in [4.69, 9.17) is 0 Å². The van der Waals surface area contributed by atoms with Crippen LogP contribution in [0.5, 0.6) is 0 Å². The number of halogens is 1. The van der Waals surface area contributed by atoms with Crippen LogP contribution in [-0.2, 0) is 22.6 Å². The van der Waals surface area contributed by atoms with Crippen molar-refractivity contribution < 1.29 is 14.0 Å². The van der Waals surface area contributed by atoms with Gasteiger partial charge in [0.25, 0.3) is 0 Å². The Morgan fingerprint density at radius 1 is 1.00 bits per heavy atom. The van der Waals surface area contributed by atoms with Crippen molar-refractivity contribution in [3.8, 4) is 0 Å². The van der Waals surface area contributed by atoms with Gasteiger partial charge < -0.3 is 10.2 Å². The van der Waals surface area contributed by atoms with E-state index in [1.807, 2.05) is 51.1 Å². The summed E-state index contributed by atoms with van der Waals surface area (Å²) in [6.07, 6.45) is 1.49. The maximum Gasteiger partial charge on any atom is 0.243 e. The molecule has 0 aliphatic heterocycles. The second-order valence-electron chi connectivity index (χ2n) is 7.27. The highest BCUT2D eigenvalue weighted by atomic mass is 19.1. The molecule has 0 saturated carbocycles. The lowest BCUT2D eigenvalue weighted by Crippen LogP contribution is -2.51. The Bertz CT molecular complexity index is 760. The monoisotopic (exact) mass is 384 g/mol. The predicted octanol–water partition coefficient (Wildman–Crippen LogP) is 4.09. The van der Waals surface area contributed by atoms with Crippen LogP contribution in [0.3, 0.4) is 0 Å². The fourth-order valence-corrected chi connectivity index (χ4v) is 3.08. The largest absolute Gasteiger partial charge is 0.352 e.